The maximum Gasteiger partial charge on any atom is 0.134 e. The van der Waals surface area contributed by atoms with Crippen LogP contribution in [-0.4, -0.2) is 26.9 Å². The largest absolute Gasteiger partial charge is 0.361 e. The Morgan fingerprint density at radius 3 is 2.70 bits per heavy atom. The number of thiophene rings is 1. The molecule has 3 aromatic heterocycles. The highest BCUT2D eigenvalue weighted by atomic mass is 35.5. The van der Waals surface area contributed by atoms with Gasteiger partial charge in [0.05, 0.1) is 0 Å². The molecule has 3 rings (SSSR count). The third-order valence-corrected chi connectivity index (χ3v) is 5.05. The van der Waals surface area contributed by atoms with Crippen LogP contribution in [0.4, 0.5) is 0 Å². The van der Waals surface area contributed by atoms with Crippen molar-refractivity contribution in [2.45, 2.75) is 26.9 Å². The normalized spacial score (nSPS) is 11.6. The molecule has 23 heavy (non-hydrogen) atoms. The summed E-state index contributed by atoms with van der Waals surface area (Å²) in [5.41, 5.74) is 2.47. The topological polar surface area (TPSA) is 47.1 Å². The molecule has 0 unspecified atom stereocenters. The number of aryl methyl sites for hydroxylation is 3. The van der Waals surface area contributed by atoms with Crippen LogP contribution in [0, 0.1) is 13.8 Å². The van der Waals surface area contributed by atoms with E-state index in [-0.39, 0.29) is 0 Å². The van der Waals surface area contributed by atoms with E-state index in [4.69, 9.17) is 16.1 Å². The van der Waals surface area contributed by atoms with E-state index in [1.165, 1.54) is 9.75 Å². The number of nitrogens with zero attached hydrogens (tertiary/aromatic N) is 4. The quantitative estimate of drug-likeness (QED) is 0.696. The van der Waals surface area contributed by atoms with Crippen LogP contribution in [0.25, 0.3) is 11.4 Å². The monoisotopic (exact) mass is 350 g/mol. The summed E-state index contributed by atoms with van der Waals surface area (Å²) in [4.78, 5) is 4.89. The van der Waals surface area contributed by atoms with Gasteiger partial charge in [0.2, 0.25) is 0 Å². The minimum atomic E-state index is 0.634. The number of hydrogen-bond donors (Lipinski definition) is 0. The lowest BCUT2D eigenvalue weighted by atomic mass is 10.2. The van der Waals surface area contributed by atoms with Gasteiger partial charge in [0, 0.05) is 41.5 Å². The van der Waals surface area contributed by atoms with Crippen LogP contribution in [-0.2, 0) is 20.1 Å². The number of hydrogen-bond acceptors (Lipinski definition) is 5. The highest BCUT2D eigenvalue weighted by Crippen LogP contribution is 2.29. The summed E-state index contributed by atoms with van der Waals surface area (Å²) in [5, 5.41) is 9.20. The van der Waals surface area contributed by atoms with Gasteiger partial charge in [-0.15, -0.1) is 11.3 Å². The summed E-state index contributed by atoms with van der Waals surface area (Å²) in [6.07, 6.45) is 0. The lowest BCUT2D eigenvalue weighted by Crippen LogP contribution is -2.17. The van der Waals surface area contributed by atoms with Crippen molar-refractivity contribution in [2.24, 2.45) is 7.05 Å². The van der Waals surface area contributed by atoms with E-state index in [0.717, 1.165) is 29.3 Å². The number of aromatic nitrogens is 3. The summed E-state index contributed by atoms with van der Waals surface area (Å²) in [6.45, 7) is 5.56. The predicted molar refractivity (Wildman–Crippen MR) is 92.7 cm³/mol. The summed E-state index contributed by atoms with van der Waals surface area (Å²) >= 11 is 8.26. The second-order valence-electron chi connectivity index (χ2n) is 5.75. The second-order valence-corrected chi connectivity index (χ2v) is 7.48. The molecule has 5 nitrogen and oxygen atoms in total. The predicted octanol–water partition coefficient (Wildman–Crippen LogP) is 4.04. The highest BCUT2D eigenvalue weighted by Gasteiger charge is 2.20. The molecule has 0 N–H and O–H groups in total. The molecular weight excluding hydrogens is 332 g/mol. The molecule has 0 saturated heterocycles. The van der Waals surface area contributed by atoms with E-state index in [9.17, 15) is 0 Å². The molecule has 0 bridgehead atoms. The molecule has 7 heteroatoms. The summed E-state index contributed by atoms with van der Waals surface area (Å²) < 4.78 is 6.85. The fraction of sp³-hybridized carbons (Fsp3) is 0.375. The molecule has 0 aliphatic rings. The van der Waals surface area contributed by atoms with Crippen LogP contribution in [0.2, 0.25) is 5.15 Å². The first-order valence-corrected chi connectivity index (χ1v) is 8.52. The number of rotatable bonds is 5. The third-order valence-electron chi connectivity index (χ3n) is 3.59. The molecule has 0 spiro atoms. The average molecular weight is 351 g/mol. The maximum atomic E-state index is 6.44. The SMILES string of the molecule is Cc1cc(-c2nn(C)c(Cl)c2CN(C)Cc2ccc(C)s2)no1. The Bertz CT molecular complexity index is 820. The van der Waals surface area contributed by atoms with Crippen molar-refractivity contribution in [1.29, 1.82) is 0 Å². The van der Waals surface area contributed by atoms with Gasteiger partial charge in [0.1, 0.15) is 22.3 Å². The summed E-state index contributed by atoms with van der Waals surface area (Å²) in [6, 6.07) is 6.20. The van der Waals surface area contributed by atoms with E-state index >= 15 is 0 Å². The van der Waals surface area contributed by atoms with Gasteiger partial charge in [-0.2, -0.15) is 5.10 Å². The Hall–Kier alpha value is -1.63. The van der Waals surface area contributed by atoms with Gasteiger partial charge in [-0.1, -0.05) is 16.8 Å². The maximum absolute atomic E-state index is 6.44. The van der Waals surface area contributed by atoms with Crippen molar-refractivity contribution >= 4 is 22.9 Å². The molecule has 0 fully saturated rings. The van der Waals surface area contributed by atoms with Gasteiger partial charge in [-0.3, -0.25) is 9.58 Å². The fourth-order valence-corrected chi connectivity index (χ4v) is 3.69. The van der Waals surface area contributed by atoms with Crippen LogP contribution >= 0.6 is 22.9 Å². The zero-order valence-corrected chi connectivity index (χ0v) is 15.2. The Morgan fingerprint density at radius 2 is 2.09 bits per heavy atom. The van der Waals surface area contributed by atoms with Gasteiger partial charge >= 0.3 is 0 Å². The fourth-order valence-electron chi connectivity index (χ4n) is 2.53. The highest BCUT2D eigenvalue weighted by molar-refractivity contribution is 7.11. The lowest BCUT2D eigenvalue weighted by molar-refractivity contribution is 0.322. The van der Waals surface area contributed by atoms with Gasteiger partial charge in [-0.05, 0) is 33.0 Å². The molecule has 3 aromatic rings. The molecule has 0 aromatic carbocycles. The molecular formula is C16H19ClN4OS. The Labute approximate surface area is 144 Å². The van der Waals surface area contributed by atoms with Crippen LogP contribution in [0.3, 0.4) is 0 Å². The molecule has 0 amide bonds. The van der Waals surface area contributed by atoms with E-state index in [1.807, 2.05) is 31.4 Å². The molecule has 0 aliphatic carbocycles. The smallest absolute Gasteiger partial charge is 0.134 e. The minimum absolute atomic E-state index is 0.634. The summed E-state index contributed by atoms with van der Waals surface area (Å²) in [7, 11) is 3.92. The van der Waals surface area contributed by atoms with Crippen molar-refractivity contribution in [1.82, 2.24) is 19.8 Å². The van der Waals surface area contributed by atoms with Gasteiger partial charge < -0.3 is 4.52 Å². The molecule has 0 radical (unpaired) electrons. The first-order valence-electron chi connectivity index (χ1n) is 7.33. The van der Waals surface area contributed by atoms with Crippen LogP contribution < -0.4 is 0 Å². The molecule has 0 aliphatic heterocycles. The zero-order valence-electron chi connectivity index (χ0n) is 13.6. The van der Waals surface area contributed by atoms with E-state index in [2.05, 4.69) is 41.3 Å². The van der Waals surface area contributed by atoms with Crippen molar-refractivity contribution in [2.75, 3.05) is 7.05 Å². The van der Waals surface area contributed by atoms with Gasteiger partial charge in [-0.25, -0.2) is 0 Å². The standard InChI is InChI=1S/C16H19ClN4OS/c1-10-7-14(19-22-10)15-13(16(17)21(4)18-15)9-20(3)8-12-6-5-11(2)23-12/h5-7H,8-9H2,1-4H3. The first-order chi connectivity index (χ1) is 10.9. The van der Waals surface area contributed by atoms with Crippen molar-refractivity contribution in [3.8, 4) is 11.4 Å². The minimum Gasteiger partial charge on any atom is -0.361 e. The van der Waals surface area contributed by atoms with Crippen molar-refractivity contribution < 1.29 is 4.52 Å². The van der Waals surface area contributed by atoms with Crippen LogP contribution in [0.1, 0.15) is 21.1 Å². The first kappa shape index (κ1) is 16.2. The number of halogens is 1. The summed E-state index contributed by atoms with van der Waals surface area (Å²) in [5.74, 6) is 0.759. The van der Waals surface area contributed by atoms with E-state index in [1.54, 1.807) is 4.68 Å². The molecule has 0 atom stereocenters. The Morgan fingerprint density at radius 1 is 1.30 bits per heavy atom. The van der Waals surface area contributed by atoms with Crippen LogP contribution in [0.5, 0.6) is 0 Å². The van der Waals surface area contributed by atoms with Crippen molar-refractivity contribution in [3.63, 3.8) is 0 Å². The molecule has 3 heterocycles. The average Bonchev–Trinajstić information content (AvgIpc) is 3.16. The molecule has 122 valence electrons. The van der Waals surface area contributed by atoms with Gasteiger partial charge in [0.25, 0.3) is 0 Å². The van der Waals surface area contributed by atoms with E-state index in [0.29, 0.717) is 11.7 Å². The van der Waals surface area contributed by atoms with Crippen LogP contribution in [0.15, 0.2) is 22.7 Å². The third kappa shape index (κ3) is 3.49. The van der Waals surface area contributed by atoms with E-state index < -0.39 is 0 Å². The Balaban J connectivity index is 1.84. The molecule has 0 saturated carbocycles. The Kier molecular flexibility index (Phi) is 4.57. The zero-order chi connectivity index (χ0) is 16.6. The van der Waals surface area contributed by atoms with Gasteiger partial charge in [0.15, 0.2) is 0 Å². The second kappa shape index (κ2) is 6.47. The lowest BCUT2D eigenvalue weighted by Gasteiger charge is -2.15. The van der Waals surface area contributed by atoms with Crippen molar-refractivity contribution in [3.05, 3.63) is 44.4 Å².